The first-order chi connectivity index (χ1) is 15.4. The zero-order valence-electron chi connectivity index (χ0n) is 18.2. The third kappa shape index (κ3) is 5.41. The summed E-state index contributed by atoms with van der Waals surface area (Å²) in [4.78, 5) is 2.09. The number of aliphatic hydroxyl groups is 1. The largest absolute Gasteiger partial charge is 0.493 e. The highest BCUT2D eigenvalue weighted by Gasteiger charge is 2.33. The maximum atomic E-state index is 12.1. The average Bonchev–Trinajstić information content (AvgIpc) is 3.17. The van der Waals surface area contributed by atoms with Crippen LogP contribution < -0.4 is 9.47 Å². The first-order valence-corrected chi connectivity index (χ1v) is 12.6. The molecule has 0 aliphatic carbocycles. The molecule has 3 aromatic rings. The fraction of sp³-hybridized carbons (Fsp3) is 0.360. The lowest BCUT2D eigenvalue weighted by Gasteiger charge is -2.30. The Morgan fingerprint density at radius 2 is 1.75 bits per heavy atom. The minimum Gasteiger partial charge on any atom is -0.493 e. The van der Waals surface area contributed by atoms with Gasteiger partial charge in [-0.3, -0.25) is 4.90 Å². The molecule has 2 unspecified atom stereocenters. The Morgan fingerprint density at radius 3 is 2.50 bits per heavy atom. The van der Waals surface area contributed by atoms with Crippen LogP contribution in [-0.2, 0) is 16.4 Å². The molecule has 0 radical (unpaired) electrons. The Hall–Kier alpha value is -2.61. The zero-order chi connectivity index (χ0) is 22.6. The lowest BCUT2D eigenvalue weighted by atomic mass is 10.0. The molecule has 7 heteroatoms. The predicted molar refractivity (Wildman–Crippen MR) is 126 cm³/mol. The third-order valence-electron chi connectivity index (χ3n) is 5.92. The fourth-order valence-electron chi connectivity index (χ4n) is 4.30. The van der Waals surface area contributed by atoms with Crippen LogP contribution in [0.1, 0.15) is 12.0 Å². The van der Waals surface area contributed by atoms with Gasteiger partial charge in [0.1, 0.15) is 12.7 Å². The van der Waals surface area contributed by atoms with Crippen molar-refractivity contribution in [2.75, 3.05) is 31.8 Å². The van der Waals surface area contributed by atoms with Crippen molar-refractivity contribution >= 4 is 20.6 Å². The summed E-state index contributed by atoms with van der Waals surface area (Å²) in [6.45, 7) is 0.970. The van der Waals surface area contributed by atoms with Crippen LogP contribution in [0.15, 0.2) is 66.7 Å². The molecular formula is C25H29NO5S. The van der Waals surface area contributed by atoms with E-state index in [1.807, 2.05) is 30.3 Å². The molecule has 0 bridgehead atoms. The van der Waals surface area contributed by atoms with Gasteiger partial charge in [-0.2, -0.15) is 0 Å². The maximum Gasteiger partial charge on any atom is 0.161 e. The molecule has 32 heavy (non-hydrogen) atoms. The van der Waals surface area contributed by atoms with Gasteiger partial charge in [0.2, 0.25) is 0 Å². The molecule has 0 aromatic heterocycles. The number of hydrogen-bond acceptors (Lipinski definition) is 6. The summed E-state index contributed by atoms with van der Waals surface area (Å²) < 4.78 is 35.4. The minimum atomic E-state index is -3.05. The van der Waals surface area contributed by atoms with Crippen LogP contribution in [0.5, 0.6) is 11.5 Å². The summed E-state index contributed by atoms with van der Waals surface area (Å²) in [6, 6.07) is 21.5. The molecule has 1 saturated heterocycles. The summed E-state index contributed by atoms with van der Waals surface area (Å²) in [5.41, 5.74) is 1.12. The van der Waals surface area contributed by atoms with Crippen LogP contribution in [0.2, 0.25) is 0 Å². The number of methoxy groups -OCH3 is 1. The molecule has 3 aromatic carbocycles. The Balaban J connectivity index is 1.50. The van der Waals surface area contributed by atoms with E-state index in [1.54, 1.807) is 19.2 Å². The Kier molecular flexibility index (Phi) is 6.98. The molecule has 4 rings (SSSR count). The van der Waals surface area contributed by atoms with E-state index in [-0.39, 0.29) is 24.2 Å². The molecule has 1 fully saturated rings. The van der Waals surface area contributed by atoms with Crippen molar-refractivity contribution in [3.05, 3.63) is 72.3 Å². The maximum absolute atomic E-state index is 12.1. The van der Waals surface area contributed by atoms with Gasteiger partial charge in [-0.25, -0.2) is 8.42 Å². The molecule has 1 aliphatic rings. The average molecular weight is 456 g/mol. The summed E-state index contributed by atoms with van der Waals surface area (Å²) in [6.07, 6.45) is -0.203. The minimum absolute atomic E-state index is 0.0892. The number of benzene rings is 3. The van der Waals surface area contributed by atoms with Crippen LogP contribution in [0.4, 0.5) is 0 Å². The number of para-hydroxylation sites is 2. The van der Waals surface area contributed by atoms with Gasteiger partial charge in [0.15, 0.2) is 21.3 Å². The van der Waals surface area contributed by atoms with E-state index in [9.17, 15) is 13.5 Å². The van der Waals surface area contributed by atoms with Gasteiger partial charge in [-0.1, -0.05) is 54.6 Å². The molecule has 1 aliphatic heterocycles. The normalized spacial score (nSPS) is 18.7. The molecule has 1 heterocycles. The van der Waals surface area contributed by atoms with Crippen LogP contribution in [-0.4, -0.2) is 62.3 Å². The predicted octanol–water partition coefficient (Wildman–Crippen LogP) is 3.28. The molecule has 2 atom stereocenters. The first-order valence-electron chi connectivity index (χ1n) is 10.8. The topological polar surface area (TPSA) is 76.1 Å². The van der Waals surface area contributed by atoms with Crippen molar-refractivity contribution in [1.29, 1.82) is 0 Å². The first kappa shape index (κ1) is 22.6. The van der Waals surface area contributed by atoms with Gasteiger partial charge in [-0.15, -0.1) is 0 Å². The molecule has 6 nitrogen and oxygen atoms in total. The standard InChI is InChI=1S/C25H29NO5S/c1-30-24-11-4-5-12-25(24)31-17-22(27)16-26(21-13-14-32(28,29)18-21)15-20-9-6-8-19-7-2-3-10-23(19)20/h2-12,21-22,27H,13-18H2,1H3. The van der Waals surface area contributed by atoms with E-state index < -0.39 is 15.9 Å². The zero-order valence-corrected chi connectivity index (χ0v) is 19.0. The number of nitrogens with zero attached hydrogens (tertiary/aromatic N) is 1. The third-order valence-corrected chi connectivity index (χ3v) is 7.67. The van der Waals surface area contributed by atoms with Crippen LogP contribution in [0, 0.1) is 0 Å². The van der Waals surface area contributed by atoms with E-state index in [1.165, 1.54) is 0 Å². The lowest BCUT2D eigenvalue weighted by molar-refractivity contribution is 0.0519. The Morgan fingerprint density at radius 1 is 1.03 bits per heavy atom. The Bertz CT molecular complexity index is 1160. The van der Waals surface area contributed by atoms with Gasteiger partial charge in [-0.05, 0) is 34.9 Å². The van der Waals surface area contributed by atoms with Crippen molar-refractivity contribution in [3.8, 4) is 11.5 Å². The quantitative estimate of drug-likeness (QED) is 0.534. The SMILES string of the molecule is COc1ccccc1OCC(O)CN(Cc1cccc2ccccc12)C1CCS(=O)(=O)C1. The summed E-state index contributed by atoms with van der Waals surface area (Å²) in [7, 11) is -1.47. The van der Waals surface area contributed by atoms with Crippen molar-refractivity contribution in [1.82, 2.24) is 4.90 Å². The van der Waals surface area contributed by atoms with Gasteiger partial charge in [0.05, 0.1) is 18.6 Å². The second-order valence-electron chi connectivity index (χ2n) is 8.24. The van der Waals surface area contributed by atoms with Crippen molar-refractivity contribution in [2.45, 2.75) is 25.1 Å². The van der Waals surface area contributed by atoms with Crippen LogP contribution >= 0.6 is 0 Å². The van der Waals surface area contributed by atoms with E-state index in [2.05, 4.69) is 29.2 Å². The van der Waals surface area contributed by atoms with Gasteiger partial charge in [0.25, 0.3) is 0 Å². The van der Waals surface area contributed by atoms with Crippen molar-refractivity contribution in [2.24, 2.45) is 0 Å². The summed E-state index contributed by atoms with van der Waals surface area (Å²) >= 11 is 0. The van der Waals surface area contributed by atoms with Crippen molar-refractivity contribution in [3.63, 3.8) is 0 Å². The summed E-state index contributed by atoms with van der Waals surface area (Å²) in [5, 5.41) is 13.1. The number of rotatable bonds is 9. The van der Waals surface area contributed by atoms with Crippen molar-refractivity contribution < 1.29 is 23.0 Å². The number of hydrogen-bond donors (Lipinski definition) is 1. The number of fused-ring (bicyclic) bond motifs is 1. The Labute approximate surface area is 189 Å². The summed E-state index contributed by atoms with van der Waals surface area (Å²) in [5.74, 6) is 1.49. The fourth-order valence-corrected chi connectivity index (χ4v) is 6.06. The lowest BCUT2D eigenvalue weighted by Crippen LogP contribution is -2.42. The number of sulfone groups is 1. The highest BCUT2D eigenvalue weighted by Crippen LogP contribution is 2.27. The highest BCUT2D eigenvalue weighted by molar-refractivity contribution is 7.91. The molecule has 0 amide bonds. The second kappa shape index (κ2) is 9.90. The van der Waals surface area contributed by atoms with E-state index in [0.29, 0.717) is 31.0 Å². The van der Waals surface area contributed by atoms with E-state index in [4.69, 9.17) is 9.47 Å². The monoisotopic (exact) mass is 455 g/mol. The van der Waals surface area contributed by atoms with E-state index in [0.717, 1.165) is 16.3 Å². The number of aliphatic hydroxyl groups excluding tert-OH is 1. The molecule has 0 saturated carbocycles. The molecular weight excluding hydrogens is 426 g/mol. The van der Waals surface area contributed by atoms with Crippen LogP contribution in [0.3, 0.4) is 0 Å². The molecule has 1 N–H and O–H groups in total. The molecule has 170 valence electrons. The molecule has 0 spiro atoms. The van der Waals surface area contributed by atoms with E-state index >= 15 is 0 Å². The van der Waals surface area contributed by atoms with Gasteiger partial charge in [0, 0.05) is 19.1 Å². The van der Waals surface area contributed by atoms with Crippen LogP contribution in [0.25, 0.3) is 10.8 Å². The van der Waals surface area contributed by atoms with Gasteiger partial charge >= 0.3 is 0 Å². The number of ether oxygens (including phenoxy) is 2. The highest BCUT2D eigenvalue weighted by atomic mass is 32.2. The second-order valence-corrected chi connectivity index (χ2v) is 10.5. The van der Waals surface area contributed by atoms with Gasteiger partial charge < -0.3 is 14.6 Å². The smallest absolute Gasteiger partial charge is 0.161 e.